The Labute approximate surface area is 118 Å². The molecule has 0 aromatic heterocycles. The van der Waals surface area contributed by atoms with Gasteiger partial charge in [0.1, 0.15) is 5.54 Å². The molecule has 0 fully saturated rings. The zero-order chi connectivity index (χ0) is 16.0. The second-order valence-corrected chi connectivity index (χ2v) is 5.78. The van der Waals surface area contributed by atoms with Gasteiger partial charge in [0.25, 0.3) is 10.1 Å². The maximum Gasteiger partial charge on any atom is 0.327 e. The van der Waals surface area contributed by atoms with E-state index < -0.39 is 28.2 Å². The van der Waals surface area contributed by atoms with Crippen molar-refractivity contribution in [2.75, 3.05) is 13.7 Å². The maximum absolute atomic E-state index is 10.6. The van der Waals surface area contributed by atoms with E-state index in [4.69, 9.17) is 15.4 Å². The van der Waals surface area contributed by atoms with Crippen LogP contribution >= 0.6 is 0 Å². The summed E-state index contributed by atoms with van der Waals surface area (Å²) >= 11 is 0. The van der Waals surface area contributed by atoms with Gasteiger partial charge in [-0.2, -0.15) is 8.42 Å². The molecule has 1 unspecified atom stereocenters. The van der Waals surface area contributed by atoms with Crippen LogP contribution in [0.4, 0.5) is 0 Å². The van der Waals surface area contributed by atoms with Crippen LogP contribution in [0.25, 0.3) is 0 Å². The minimum Gasteiger partial charge on any atom is -0.468 e. The van der Waals surface area contributed by atoms with Crippen molar-refractivity contribution in [3.8, 4) is 0 Å². The van der Waals surface area contributed by atoms with E-state index in [1.165, 1.54) is 26.2 Å². The number of esters is 1. The molecule has 4 N–H and O–H groups in total. The van der Waals surface area contributed by atoms with Crippen LogP contribution < -0.4 is 5.73 Å². The second kappa shape index (κ2) is 7.34. The standard InChI is InChI=1S/C7H8O3S.C5H11NO3/c1-6-2-4-7(5-3-6)11(8,9)10;1-5(6,3-7)4(8)9-2/h2-5H,1H3,(H,8,9,10);7H,3,6H2,1-2H3. The van der Waals surface area contributed by atoms with E-state index in [0.717, 1.165) is 5.56 Å². The SMILES string of the molecule is COC(=O)C(C)(N)CO.Cc1ccc(S(=O)(=O)O)cc1. The fourth-order valence-corrected chi connectivity index (χ4v) is 1.49. The molecule has 0 bridgehead atoms. The van der Waals surface area contributed by atoms with Gasteiger partial charge in [-0.15, -0.1) is 0 Å². The van der Waals surface area contributed by atoms with Gasteiger partial charge in [0.05, 0.1) is 18.6 Å². The molecule has 0 aliphatic rings. The predicted molar refractivity (Wildman–Crippen MR) is 72.7 cm³/mol. The van der Waals surface area contributed by atoms with Crippen LogP contribution in [0.2, 0.25) is 0 Å². The third kappa shape index (κ3) is 6.11. The zero-order valence-corrected chi connectivity index (χ0v) is 12.3. The van der Waals surface area contributed by atoms with Crippen LogP contribution in [0.5, 0.6) is 0 Å². The van der Waals surface area contributed by atoms with Crippen LogP contribution in [0, 0.1) is 6.92 Å². The average molecular weight is 305 g/mol. The van der Waals surface area contributed by atoms with Crippen molar-refractivity contribution in [3.05, 3.63) is 29.8 Å². The van der Waals surface area contributed by atoms with Crippen LogP contribution in [0.1, 0.15) is 12.5 Å². The normalized spacial score (nSPS) is 13.7. The first-order valence-electron chi connectivity index (χ1n) is 5.57. The van der Waals surface area contributed by atoms with Gasteiger partial charge in [0.2, 0.25) is 0 Å². The topological polar surface area (TPSA) is 127 Å². The quantitative estimate of drug-likeness (QED) is 0.534. The number of aryl methyl sites for hydroxylation is 1. The molecule has 0 saturated carbocycles. The van der Waals surface area contributed by atoms with Gasteiger partial charge in [-0.05, 0) is 26.0 Å². The molecule has 0 radical (unpaired) electrons. The van der Waals surface area contributed by atoms with Crippen molar-refractivity contribution < 1.29 is 27.6 Å². The van der Waals surface area contributed by atoms with E-state index in [9.17, 15) is 13.2 Å². The smallest absolute Gasteiger partial charge is 0.327 e. The van der Waals surface area contributed by atoms with E-state index in [1.807, 2.05) is 6.92 Å². The number of aliphatic hydroxyl groups excluding tert-OH is 1. The van der Waals surface area contributed by atoms with Crippen molar-refractivity contribution in [1.29, 1.82) is 0 Å². The van der Waals surface area contributed by atoms with Gasteiger partial charge >= 0.3 is 5.97 Å². The summed E-state index contributed by atoms with van der Waals surface area (Å²) in [6.45, 7) is 2.84. The summed E-state index contributed by atoms with van der Waals surface area (Å²) in [5.74, 6) is -0.606. The molecule has 1 aromatic carbocycles. The van der Waals surface area contributed by atoms with E-state index in [2.05, 4.69) is 4.74 Å². The monoisotopic (exact) mass is 305 g/mol. The lowest BCUT2D eigenvalue weighted by Crippen LogP contribution is -2.48. The Hall–Kier alpha value is -1.48. The molecule has 0 amide bonds. The number of carbonyl (C=O) groups excluding carboxylic acids is 1. The minimum absolute atomic E-state index is 0.0666. The Kier molecular flexibility index (Phi) is 6.80. The number of aliphatic hydroxyl groups is 1. The Morgan fingerprint density at radius 1 is 1.35 bits per heavy atom. The van der Waals surface area contributed by atoms with E-state index >= 15 is 0 Å². The molecule has 0 spiro atoms. The third-order valence-corrected chi connectivity index (χ3v) is 3.17. The number of hydrogen-bond acceptors (Lipinski definition) is 6. The number of methoxy groups -OCH3 is 1. The Bertz CT molecular complexity index is 536. The summed E-state index contributed by atoms with van der Waals surface area (Å²) < 4.78 is 33.8. The Morgan fingerprint density at radius 2 is 1.80 bits per heavy atom. The first-order valence-corrected chi connectivity index (χ1v) is 7.01. The summed E-state index contributed by atoms with van der Waals surface area (Å²) in [5, 5.41) is 8.47. The molecule has 1 atom stereocenters. The molecule has 0 aliphatic carbocycles. The molecule has 1 aromatic rings. The average Bonchev–Trinajstić information content (AvgIpc) is 2.38. The molecule has 20 heavy (non-hydrogen) atoms. The molecular formula is C12H19NO6S. The Balaban J connectivity index is 0.000000370. The predicted octanol–water partition coefficient (Wildman–Crippen LogP) is 0.111. The third-order valence-electron chi connectivity index (χ3n) is 2.30. The molecule has 114 valence electrons. The molecule has 0 heterocycles. The summed E-state index contributed by atoms with van der Waals surface area (Å²) in [6.07, 6.45) is 0. The van der Waals surface area contributed by atoms with Crippen molar-refractivity contribution in [1.82, 2.24) is 0 Å². The van der Waals surface area contributed by atoms with Gasteiger partial charge in [-0.25, -0.2) is 4.79 Å². The zero-order valence-electron chi connectivity index (χ0n) is 11.5. The van der Waals surface area contributed by atoms with Crippen molar-refractivity contribution in [2.45, 2.75) is 24.3 Å². The summed E-state index contributed by atoms with van der Waals surface area (Å²) in [6, 6.07) is 5.99. The largest absolute Gasteiger partial charge is 0.468 e. The number of carbonyl (C=O) groups is 1. The maximum atomic E-state index is 10.6. The summed E-state index contributed by atoms with van der Waals surface area (Å²) in [7, 11) is -2.79. The first-order chi connectivity index (χ1) is 9.04. The van der Waals surface area contributed by atoms with Crippen LogP contribution in [0.15, 0.2) is 29.2 Å². The fraction of sp³-hybridized carbons (Fsp3) is 0.417. The van der Waals surface area contributed by atoms with Gasteiger partial charge in [0, 0.05) is 0 Å². The van der Waals surface area contributed by atoms with Crippen molar-refractivity contribution in [3.63, 3.8) is 0 Å². The van der Waals surface area contributed by atoms with Crippen molar-refractivity contribution >= 4 is 16.1 Å². The van der Waals surface area contributed by atoms with Crippen LogP contribution in [-0.2, 0) is 19.6 Å². The lowest BCUT2D eigenvalue weighted by molar-refractivity contribution is -0.147. The number of ether oxygens (including phenoxy) is 1. The molecule has 7 nitrogen and oxygen atoms in total. The van der Waals surface area contributed by atoms with Gasteiger partial charge in [0.15, 0.2) is 0 Å². The highest BCUT2D eigenvalue weighted by Crippen LogP contribution is 2.08. The van der Waals surface area contributed by atoms with E-state index in [1.54, 1.807) is 12.1 Å². The van der Waals surface area contributed by atoms with E-state index in [-0.39, 0.29) is 4.90 Å². The molecule has 8 heteroatoms. The van der Waals surface area contributed by atoms with Gasteiger partial charge < -0.3 is 15.6 Å². The lowest BCUT2D eigenvalue weighted by atomic mass is 10.1. The highest BCUT2D eigenvalue weighted by molar-refractivity contribution is 7.85. The number of benzene rings is 1. The van der Waals surface area contributed by atoms with Crippen molar-refractivity contribution in [2.24, 2.45) is 5.73 Å². The lowest BCUT2D eigenvalue weighted by Gasteiger charge is -2.17. The molecule has 0 aliphatic heterocycles. The molecule has 1 rings (SSSR count). The molecule has 0 saturated heterocycles. The first kappa shape index (κ1) is 18.5. The minimum atomic E-state index is -4.02. The number of rotatable bonds is 3. The van der Waals surface area contributed by atoms with Crippen LogP contribution in [-0.4, -0.2) is 43.3 Å². The highest BCUT2D eigenvalue weighted by atomic mass is 32.2. The Morgan fingerprint density at radius 3 is 2.05 bits per heavy atom. The second-order valence-electron chi connectivity index (χ2n) is 4.36. The van der Waals surface area contributed by atoms with Gasteiger partial charge in [-0.1, -0.05) is 17.7 Å². The summed E-state index contributed by atoms with van der Waals surface area (Å²) in [4.78, 5) is 10.5. The van der Waals surface area contributed by atoms with Gasteiger partial charge in [-0.3, -0.25) is 4.55 Å². The highest BCUT2D eigenvalue weighted by Gasteiger charge is 2.27. The van der Waals surface area contributed by atoms with E-state index in [0.29, 0.717) is 0 Å². The fourth-order valence-electron chi connectivity index (χ4n) is 1.01. The van der Waals surface area contributed by atoms with Crippen LogP contribution in [0.3, 0.4) is 0 Å². The molecular weight excluding hydrogens is 286 g/mol. The number of hydrogen-bond donors (Lipinski definition) is 3. The summed E-state index contributed by atoms with van der Waals surface area (Å²) in [5.41, 5.74) is 4.95. The number of nitrogens with two attached hydrogens (primary N) is 1.